The van der Waals surface area contributed by atoms with Gasteiger partial charge in [-0.15, -0.1) is 0 Å². The van der Waals surface area contributed by atoms with Gasteiger partial charge in [-0.2, -0.15) is 0 Å². The molecule has 0 saturated heterocycles. The van der Waals surface area contributed by atoms with E-state index >= 15 is 0 Å². The molecular formula is C48H89NO5. The zero-order valence-corrected chi connectivity index (χ0v) is 35.7. The number of aliphatic hydroxyl groups is 2. The van der Waals surface area contributed by atoms with Crippen LogP contribution in [0, 0.1) is 0 Å². The van der Waals surface area contributed by atoms with Crippen LogP contribution in [0.4, 0.5) is 0 Å². The highest BCUT2D eigenvalue weighted by Crippen LogP contribution is 2.15. The molecule has 6 nitrogen and oxygen atoms in total. The van der Waals surface area contributed by atoms with E-state index in [2.05, 4.69) is 55.6 Å². The van der Waals surface area contributed by atoms with Crippen molar-refractivity contribution in [3.8, 4) is 0 Å². The summed E-state index contributed by atoms with van der Waals surface area (Å²) in [6.07, 6.45) is 51.0. The molecule has 1 amide bonds. The molecule has 0 aromatic heterocycles. The van der Waals surface area contributed by atoms with Crippen molar-refractivity contribution in [2.75, 3.05) is 13.2 Å². The van der Waals surface area contributed by atoms with Crippen molar-refractivity contribution >= 4 is 11.9 Å². The van der Waals surface area contributed by atoms with E-state index in [4.69, 9.17) is 4.74 Å². The zero-order valence-electron chi connectivity index (χ0n) is 35.7. The Morgan fingerprint density at radius 3 is 1.52 bits per heavy atom. The highest BCUT2D eigenvalue weighted by molar-refractivity contribution is 5.76. The standard InChI is InChI=1S/C48H89NO5/c1-3-5-7-9-11-13-15-17-22-26-30-34-38-42-48(53)54-43-39-35-31-27-23-19-16-18-21-25-29-33-37-41-47(52)49-45(44-50)46(51)40-36-32-28-24-20-14-12-10-8-6-4-2/h7,9,13,15,18,21,45-46,50-51H,3-6,8,10-12,14,16-17,19-20,22-44H2,1-2H3,(H,49,52)/b9-7-,15-13-,21-18-. The molecule has 0 heterocycles. The van der Waals surface area contributed by atoms with E-state index in [0.717, 1.165) is 83.5 Å². The number of esters is 1. The van der Waals surface area contributed by atoms with E-state index in [-0.39, 0.29) is 18.5 Å². The fourth-order valence-corrected chi connectivity index (χ4v) is 6.79. The number of rotatable bonds is 42. The van der Waals surface area contributed by atoms with E-state index < -0.39 is 12.1 Å². The second-order valence-corrected chi connectivity index (χ2v) is 15.7. The van der Waals surface area contributed by atoms with Gasteiger partial charge in [0.2, 0.25) is 5.91 Å². The SMILES string of the molecule is CCC/C=C\C/C=C\CCCCCCCC(=O)OCCCCCCCC/C=C\CCCCCC(=O)NC(CO)C(O)CCCCCCCCCCCCC. The molecule has 0 aliphatic carbocycles. The van der Waals surface area contributed by atoms with E-state index in [9.17, 15) is 19.8 Å². The molecule has 0 saturated carbocycles. The van der Waals surface area contributed by atoms with E-state index in [0.29, 0.717) is 25.9 Å². The lowest BCUT2D eigenvalue weighted by molar-refractivity contribution is -0.143. The predicted octanol–water partition coefficient (Wildman–Crippen LogP) is 13.3. The summed E-state index contributed by atoms with van der Waals surface area (Å²) in [5.74, 6) is -0.0975. The molecule has 54 heavy (non-hydrogen) atoms. The third-order valence-electron chi connectivity index (χ3n) is 10.4. The van der Waals surface area contributed by atoms with Gasteiger partial charge in [-0.25, -0.2) is 0 Å². The van der Waals surface area contributed by atoms with Crippen molar-refractivity contribution in [1.82, 2.24) is 5.32 Å². The number of carbonyl (C=O) groups excluding carboxylic acids is 2. The lowest BCUT2D eigenvalue weighted by Crippen LogP contribution is -2.45. The van der Waals surface area contributed by atoms with Crippen LogP contribution in [0.15, 0.2) is 36.5 Å². The molecular weight excluding hydrogens is 671 g/mol. The minimum absolute atomic E-state index is 0.0290. The summed E-state index contributed by atoms with van der Waals surface area (Å²) in [7, 11) is 0. The number of amides is 1. The zero-order chi connectivity index (χ0) is 39.4. The Balaban J connectivity index is 3.52. The third kappa shape index (κ3) is 39.8. The molecule has 0 rings (SSSR count). The molecule has 2 unspecified atom stereocenters. The van der Waals surface area contributed by atoms with Gasteiger partial charge in [-0.1, -0.05) is 179 Å². The van der Waals surface area contributed by atoms with Gasteiger partial charge in [0.05, 0.1) is 25.4 Å². The minimum Gasteiger partial charge on any atom is -0.466 e. The van der Waals surface area contributed by atoms with Gasteiger partial charge in [-0.05, 0) is 77.0 Å². The highest BCUT2D eigenvalue weighted by Gasteiger charge is 2.20. The Bertz CT molecular complexity index is 884. The van der Waals surface area contributed by atoms with Gasteiger partial charge >= 0.3 is 5.97 Å². The maximum absolute atomic E-state index is 12.4. The van der Waals surface area contributed by atoms with Crippen LogP contribution in [-0.4, -0.2) is 47.4 Å². The van der Waals surface area contributed by atoms with Gasteiger partial charge in [0.15, 0.2) is 0 Å². The van der Waals surface area contributed by atoms with Gasteiger partial charge in [0.25, 0.3) is 0 Å². The molecule has 0 aliphatic heterocycles. The minimum atomic E-state index is -0.680. The number of hydrogen-bond donors (Lipinski definition) is 3. The van der Waals surface area contributed by atoms with Crippen molar-refractivity contribution in [3.63, 3.8) is 0 Å². The van der Waals surface area contributed by atoms with Crippen LogP contribution in [-0.2, 0) is 14.3 Å². The first-order valence-corrected chi connectivity index (χ1v) is 23.2. The van der Waals surface area contributed by atoms with Crippen molar-refractivity contribution in [2.45, 2.75) is 244 Å². The van der Waals surface area contributed by atoms with Gasteiger partial charge < -0.3 is 20.3 Å². The van der Waals surface area contributed by atoms with E-state index in [1.807, 2.05) is 0 Å². The molecule has 0 bridgehead atoms. The normalized spacial score (nSPS) is 13.0. The third-order valence-corrected chi connectivity index (χ3v) is 10.4. The maximum atomic E-state index is 12.4. The van der Waals surface area contributed by atoms with Gasteiger partial charge in [0, 0.05) is 12.8 Å². The molecule has 6 heteroatoms. The first-order valence-electron chi connectivity index (χ1n) is 23.2. The molecule has 0 spiro atoms. The Morgan fingerprint density at radius 2 is 0.963 bits per heavy atom. The van der Waals surface area contributed by atoms with Crippen LogP contribution < -0.4 is 5.32 Å². The quantitative estimate of drug-likeness (QED) is 0.0327. The number of carbonyl (C=O) groups is 2. The Kier molecular flexibility index (Phi) is 42.2. The summed E-state index contributed by atoms with van der Waals surface area (Å²) in [5.41, 5.74) is 0. The molecule has 0 aliphatic rings. The van der Waals surface area contributed by atoms with Crippen LogP contribution in [0.2, 0.25) is 0 Å². The van der Waals surface area contributed by atoms with Gasteiger partial charge in [0.1, 0.15) is 0 Å². The number of ether oxygens (including phenoxy) is 1. The fraction of sp³-hybridized carbons (Fsp3) is 0.833. The van der Waals surface area contributed by atoms with Crippen molar-refractivity contribution < 1.29 is 24.5 Å². The van der Waals surface area contributed by atoms with E-state index in [1.54, 1.807) is 0 Å². The van der Waals surface area contributed by atoms with Crippen LogP contribution >= 0.6 is 0 Å². The molecule has 2 atom stereocenters. The number of hydrogen-bond acceptors (Lipinski definition) is 5. The summed E-state index contributed by atoms with van der Waals surface area (Å²) in [4.78, 5) is 24.4. The average molecular weight is 760 g/mol. The summed E-state index contributed by atoms with van der Waals surface area (Å²) in [5, 5.41) is 23.1. The monoisotopic (exact) mass is 760 g/mol. The summed E-state index contributed by atoms with van der Waals surface area (Å²) >= 11 is 0. The first kappa shape index (κ1) is 52.1. The Labute approximate surface area is 334 Å². The summed E-state index contributed by atoms with van der Waals surface area (Å²) in [6, 6.07) is -0.561. The Hall–Kier alpha value is -1.92. The lowest BCUT2D eigenvalue weighted by Gasteiger charge is -2.22. The summed E-state index contributed by atoms with van der Waals surface area (Å²) in [6.45, 7) is 4.81. The second kappa shape index (κ2) is 43.8. The fourth-order valence-electron chi connectivity index (χ4n) is 6.79. The van der Waals surface area contributed by atoms with Crippen LogP contribution in [0.3, 0.4) is 0 Å². The van der Waals surface area contributed by atoms with Crippen molar-refractivity contribution in [2.24, 2.45) is 0 Å². The second-order valence-electron chi connectivity index (χ2n) is 15.7. The lowest BCUT2D eigenvalue weighted by atomic mass is 10.0. The molecule has 3 N–H and O–H groups in total. The average Bonchev–Trinajstić information content (AvgIpc) is 3.17. The molecule has 316 valence electrons. The van der Waals surface area contributed by atoms with Crippen LogP contribution in [0.1, 0.15) is 232 Å². The Morgan fingerprint density at radius 1 is 0.519 bits per heavy atom. The maximum Gasteiger partial charge on any atom is 0.305 e. The van der Waals surface area contributed by atoms with Crippen molar-refractivity contribution in [1.29, 1.82) is 0 Å². The topological polar surface area (TPSA) is 95.9 Å². The molecule has 0 fully saturated rings. The molecule has 0 aromatic carbocycles. The smallest absolute Gasteiger partial charge is 0.305 e. The van der Waals surface area contributed by atoms with Gasteiger partial charge in [-0.3, -0.25) is 9.59 Å². The first-order chi connectivity index (χ1) is 26.5. The molecule has 0 radical (unpaired) electrons. The van der Waals surface area contributed by atoms with E-state index in [1.165, 1.54) is 116 Å². The van der Waals surface area contributed by atoms with Crippen LogP contribution in [0.25, 0.3) is 0 Å². The highest BCUT2D eigenvalue weighted by atomic mass is 16.5. The number of unbranched alkanes of at least 4 members (excludes halogenated alkanes) is 25. The van der Waals surface area contributed by atoms with Crippen molar-refractivity contribution in [3.05, 3.63) is 36.5 Å². The number of nitrogens with one attached hydrogen (secondary N) is 1. The number of aliphatic hydroxyl groups excluding tert-OH is 2. The number of allylic oxidation sites excluding steroid dienone is 6. The predicted molar refractivity (Wildman–Crippen MR) is 232 cm³/mol. The molecule has 0 aromatic rings. The largest absolute Gasteiger partial charge is 0.466 e. The summed E-state index contributed by atoms with van der Waals surface area (Å²) < 4.78 is 5.43. The van der Waals surface area contributed by atoms with Crippen LogP contribution in [0.5, 0.6) is 0 Å².